The van der Waals surface area contributed by atoms with Crippen LogP contribution in [-0.4, -0.2) is 29.9 Å². The van der Waals surface area contributed by atoms with Crippen molar-refractivity contribution in [3.63, 3.8) is 0 Å². The maximum Gasteiger partial charge on any atom is 0.381 e. The number of hydrogen-bond donors (Lipinski definition) is 1. The molecule has 2 aromatic heterocycles. The van der Waals surface area contributed by atoms with Gasteiger partial charge in [0.1, 0.15) is 6.20 Å². The first-order chi connectivity index (χ1) is 14.0. The molecule has 9 nitrogen and oxygen atoms in total. The predicted molar refractivity (Wildman–Crippen MR) is 109 cm³/mol. The number of nitrogens with zero attached hydrogens (tertiary/aromatic N) is 5. The minimum atomic E-state index is -0.532. The van der Waals surface area contributed by atoms with E-state index in [0.29, 0.717) is 24.4 Å². The quantitative estimate of drug-likeness (QED) is 0.501. The highest BCUT2D eigenvalue weighted by Crippen LogP contribution is 2.34. The third-order valence-corrected chi connectivity index (χ3v) is 5.52. The standard InChI is InChI=1S/C20H24N6O3/c1-14-21-18(26(28)29)13-24(14)12-11-19(27)23-20-22-16-9-5-6-10-17(16)25(20)15-7-3-2-4-8-15/h5-6,9-10,13,15H,2-4,7-8,11-12H2,1H3,(H,22,23,27). The summed E-state index contributed by atoms with van der Waals surface area (Å²) in [5, 5.41) is 13.8. The number of aromatic nitrogens is 4. The van der Waals surface area contributed by atoms with E-state index in [4.69, 9.17) is 0 Å². The van der Waals surface area contributed by atoms with Crippen molar-refractivity contribution in [3.05, 3.63) is 46.4 Å². The SMILES string of the molecule is Cc1nc([N+](=O)[O-])cn1CCC(=O)Nc1nc2ccccc2n1C1CCCCC1. The topological polar surface area (TPSA) is 108 Å². The molecule has 0 atom stereocenters. The molecule has 4 rings (SSSR count). The predicted octanol–water partition coefficient (Wildman–Crippen LogP) is 3.98. The maximum atomic E-state index is 12.6. The molecule has 1 aliphatic rings. The van der Waals surface area contributed by atoms with E-state index in [9.17, 15) is 14.9 Å². The third-order valence-electron chi connectivity index (χ3n) is 5.52. The minimum absolute atomic E-state index is 0.173. The molecular weight excluding hydrogens is 372 g/mol. The van der Waals surface area contributed by atoms with E-state index in [2.05, 4.69) is 19.9 Å². The van der Waals surface area contributed by atoms with Crippen LogP contribution in [-0.2, 0) is 11.3 Å². The molecule has 0 saturated heterocycles. The van der Waals surface area contributed by atoms with Crippen LogP contribution in [0.1, 0.15) is 50.4 Å². The molecule has 0 bridgehead atoms. The van der Waals surface area contributed by atoms with Crippen LogP contribution in [0.25, 0.3) is 11.0 Å². The van der Waals surface area contributed by atoms with Gasteiger partial charge in [-0.15, -0.1) is 0 Å². The molecule has 9 heteroatoms. The molecule has 1 fully saturated rings. The maximum absolute atomic E-state index is 12.6. The first-order valence-electron chi connectivity index (χ1n) is 9.98. The molecule has 1 N–H and O–H groups in total. The normalized spacial score (nSPS) is 14.9. The second-order valence-corrected chi connectivity index (χ2v) is 7.48. The lowest BCUT2D eigenvalue weighted by Gasteiger charge is -2.25. The molecular formula is C20H24N6O3. The summed E-state index contributed by atoms with van der Waals surface area (Å²) in [5.41, 5.74) is 1.91. The van der Waals surface area contributed by atoms with Gasteiger partial charge in [0.2, 0.25) is 17.7 Å². The summed E-state index contributed by atoms with van der Waals surface area (Å²) in [7, 11) is 0. The smallest absolute Gasteiger partial charge is 0.358 e. The van der Waals surface area contributed by atoms with Crippen LogP contribution >= 0.6 is 0 Å². The molecule has 1 aromatic carbocycles. The highest BCUT2D eigenvalue weighted by molar-refractivity contribution is 5.91. The van der Waals surface area contributed by atoms with E-state index in [1.54, 1.807) is 11.5 Å². The molecule has 0 radical (unpaired) electrons. The van der Waals surface area contributed by atoms with E-state index >= 15 is 0 Å². The van der Waals surface area contributed by atoms with Crippen molar-refractivity contribution in [2.75, 3.05) is 5.32 Å². The second-order valence-electron chi connectivity index (χ2n) is 7.48. The van der Waals surface area contributed by atoms with Crippen LogP contribution in [0.3, 0.4) is 0 Å². The Morgan fingerprint density at radius 3 is 2.72 bits per heavy atom. The Morgan fingerprint density at radius 1 is 1.24 bits per heavy atom. The summed E-state index contributed by atoms with van der Waals surface area (Å²) in [6.45, 7) is 2.01. The van der Waals surface area contributed by atoms with Crippen LogP contribution in [0.4, 0.5) is 11.8 Å². The van der Waals surface area contributed by atoms with Crippen molar-refractivity contribution in [1.29, 1.82) is 0 Å². The molecule has 29 heavy (non-hydrogen) atoms. The van der Waals surface area contributed by atoms with Crippen LogP contribution in [0.15, 0.2) is 30.5 Å². The Kier molecular flexibility index (Phi) is 5.28. The van der Waals surface area contributed by atoms with Crippen molar-refractivity contribution in [2.24, 2.45) is 0 Å². The Bertz CT molecular complexity index is 1050. The van der Waals surface area contributed by atoms with Crippen LogP contribution in [0, 0.1) is 17.0 Å². The van der Waals surface area contributed by atoms with Crippen molar-refractivity contribution < 1.29 is 9.72 Å². The Morgan fingerprint density at radius 2 is 2.00 bits per heavy atom. The fourth-order valence-electron chi connectivity index (χ4n) is 4.06. The lowest BCUT2D eigenvalue weighted by molar-refractivity contribution is -0.389. The van der Waals surface area contributed by atoms with Gasteiger partial charge in [-0.1, -0.05) is 31.4 Å². The van der Waals surface area contributed by atoms with Gasteiger partial charge in [-0.05, 0) is 34.9 Å². The van der Waals surface area contributed by atoms with E-state index in [0.717, 1.165) is 23.9 Å². The zero-order valence-electron chi connectivity index (χ0n) is 16.4. The van der Waals surface area contributed by atoms with Gasteiger partial charge < -0.3 is 19.2 Å². The Balaban J connectivity index is 1.51. The molecule has 0 spiro atoms. The fraction of sp³-hybridized carbons (Fsp3) is 0.450. The van der Waals surface area contributed by atoms with Gasteiger partial charge in [-0.25, -0.2) is 4.98 Å². The number of para-hydroxylation sites is 2. The summed E-state index contributed by atoms with van der Waals surface area (Å²) >= 11 is 0. The molecule has 1 saturated carbocycles. The molecule has 0 unspecified atom stereocenters. The number of carbonyl (C=O) groups is 1. The number of nitro groups is 1. The first-order valence-corrected chi connectivity index (χ1v) is 9.98. The van der Waals surface area contributed by atoms with Crippen LogP contribution < -0.4 is 5.32 Å². The van der Waals surface area contributed by atoms with Gasteiger partial charge in [0.25, 0.3) is 0 Å². The number of amides is 1. The molecule has 3 aromatic rings. The number of imidazole rings is 2. The van der Waals surface area contributed by atoms with Gasteiger partial charge in [0, 0.05) is 25.9 Å². The fourth-order valence-corrected chi connectivity index (χ4v) is 4.06. The van der Waals surface area contributed by atoms with Crippen LogP contribution in [0.2, 0.25) is 0 Å². The summed E-state index contributed by atoms with van der Waals surface area (Å²) in [4.78, 5) is 31.5. The van der Waals surface area contributed by atoms with E-state index in [-0.39, 0.29) is 18.1 Å². The van der Waals surface area contributed by atoms with Crippen molar-refractivity contribution in [2.45, 2.75) is 58.0 Å². The first kappa shape index (κ1) is 19.1. The monoisotopic (exact) mass is 396 g/mol. The van der Waals surface area contributed by atoms with Crippen molar-refractivity contribution >= 4 is 28.7 Å². The van der Waals surface area contributed by atoms with Gasteiger partial charge in [-0.3, -0.25) is 10.1 Å². The van der Waals surface area contributed by atoms with Crippen molar-refractivity contribution in [3.8, 4) is 0 Å². The zero-order chi connectivity index (χ0) is 20.4. The number of carbonyl (C=O) groups excluding carboxylic acids is 1. The van der Waals surface area contributed by atoms with E-state index in [1.165, 1.54) is 25.5 Å². The zero-order valence-corrected chi connectivity index (χ0v) is 16.4. The lowest BCUT2D eigenvalue weighted by atomic mass is 9.95. The van der Waals surface area contributed by atoms with Gasteiger partial charge in [0.05, 0.1) is 11.0 Å². The van der Waals surface area contributed by atoms with Gasteiger partial charge >= 0.3 is 5.82 Å². The summed E-state index contributed by atoms with van der Waals surface area (Å²) in [6.07, 6.45) is 7.33. The molecule has 0 aliphatic heterocycles. The number of fused-ring (bicyclic) bond motifs is 1. The minimum Gasteiger partial charge on any atom is -0.358 e. The molecule has 1 aliphatic carbocycles. The Labute approximate surface area is 167 Å². The van der Waals surface area contributed by atoms with Gasteiger partial charge in [-0.2, -0.15) is 0 Å². The second kappa shape index (κ2) is 8.02. The van der Waals surface area contributed by atoms with E-state index < -0.39 is 4.92 Å². The van der Waals surface area contributed by atoms with Gasteiger partial charge in [0.15, 0.2) is 0 Å². The lowest BCUT2D eigenvalue weighted by Crippen LogP contribution is -2.21. The highest BCUT2D eigenvalue weighted by atomic mass is 16.6. The molecule has 1 amide bonds. The number of rotatable bonds is 6. The third kappa shape index (κ3) is 3.98. The number of benzene rings is 1. The Hall–Kier alpha value is -3.23. The number of hydrogen-bond acceptors (Lipinski definition) is 5. The highest BCUT2D eigenvalue weighted by Gasteiger charge is 2.22. The number of anilines is 1. The summed E-state index contributed by atoms with van der Waals surface area (Å²) in [5.74, 6) is 0.713. The molecule has 152 valence electrons. The average Bonchev–Trinajstić information content (AvgIpc) is 3.27. The largest absolute Gasteiger partial charge is 0.381 e. The van der Waals surface area contributed by atoms with Crippen molar-refractivity contribution in [1.82, 2.24) is 19.1 Å². The number of aryl methyl sites for hydroxylation is 2. The average molecular weight is 396 g/mol. The number of nitrogens with one attached hydrogen (secondary N) is 1. The molecule has 2 heterocycles. The van der Waals surface area contributed by atoms with E-state index in [1.807, 2.05) is 24.3 Å². The summed E-state index contributed by atoms with van der Waals surface area (Å²) in [6, 6.07) is 8.27. The summed E-state index contributed by atoms with van der Waals surface area (Å²) < 4.78 is 3.79. The van der Waals surface area contributed by atoms with Crippen LogP contribution in [0.5, 0.6) is 0 Å².